The minimum atomic E-state index is -1.39. The van der Waals surface area contributed by atoms with E-state index in [9.17, 15) is 47.9 Å². The van der Waals surface area contributed by atoms with E-state index in [1.54, 1.807) is 48.5 Å². The molecule has 0 spiro atoms. The molecule has 0 aliphatic heterocycles. The zero-order valence-corrected chi connectivity index (χ0v) is 59.0. The van der Waals surface area contributed by atoms with Crippen LogP contribution in [0, 0.1) is 0 Å². The van der Waals surface area contributed by atoms with E-state index < -0.39 is 103 Å². The standard InChI is InChI=1S/C28H34N6O8.C26H54N14O6.C6H18N4.2ClH/c1-20(35)32-24(17-26(37)42-19-22-10-6-3-7-11-22)28(39)33-23(27(38)30-12-14-40-15-13-31-34-29)16-25(36)41-18-21-8-4-2-5-9-21;1-20(41)36-22(19-24(43)33-7-15-40(12-4-29)13-5-30)26(45)37-21(25(44)34-8-16-46-17-9-35-38-31)18-23(42)32-6-14-39(10-2-27)11-3-28;7-1-4-10(5-2-8)6-3-9;;/h2-11,23-24H,12-19H2,1H3,(H,30,38)(H,32,35)(H,33,39);21-22H,2-19,27-30H2,1H3,(H,32,42)(H,33,43)(H,34,44)(H,36,41)(H,37,45);1-9H2;2*1H/t23-,24+;21-,22+;;;/m00.../s1. The predicted octanol–water partition coefficient (Wildman–Crippen LogP) is -12.7. The van der Waals surface area contributed by atoms with Crippen molar-refractivity contribution >= 4 is 59.2 Å². The maximum absolute atomic E-state index is 13.3. The number of ether oxygens (including phenoxy) is 4. The summed E-state index contributed by atoms with van der Waals surface area (Å²) in [6, 6.07) is 12.4. The Morgan fingerprint density at radius 3 is 1.08 bits per heavy atom. The molecule has 0 heterocycles. The molecule has 0 aromatic heterocycles. The van der Waals surface area contributed by atoms with E-state index >= 15 is 0 Å². The van der Waals surface area contributed by atoms with Crippen molar-refractivity contribution in [1.29, 1.82) is 0 Å². The third-order valence-electron chi connectivity index (χ3n) is 13.2. The third-order valence-corrected chi connectivity index (χ3v) is 13.2. The van der Waals surface area contributed by atoms with Crippen LogP contribution in [0.1, 0.15) is 50.7 Å². The van der Waals surface area contributed by atoms with Crippen LogP contribution in [0.4, 0.5) is 0 Å². The fourth-order valence-electron chi connectivity index (χ4n) is 8.63. The summed E-state index contributed by atoms with van der Waals surface area (Å²) in [6.45, 7) is 14.4. The van der Waals surface area contributed by atoms with Crippen LogP contribution >= 0.6 is 0 Å². The highest BCUT2D eigenvalue weighted by Crippen LogP contribution is 2.08. The van der Waals surface area contributed by atoms with Crippen LogP contribution in [0.15, 0.2) is 70.9 Å². The lowest BCUT2D eigenvalue weighted by Crippen LogP contribution is -3.00. The molecule has 100 heavy (non-hydrogen) atoms. The zero-order valence-electron chi connectivity index (χ0n) is 57.5. The van der Waals surface area contributed by atoms with Crippen LogP contribution in [-0.2, 0) is 80.1 Å². The van der Waals surface area contributed by atoms with E-state index in [1.165, 1.54) is 13.8 Å². The Morgan fingerprint density at radius 2 is 0.760 bits per heavy atom. The Morgan fingerprint density at radius 1 is 0.440 bits per heavy atom. The average Bonchev–Trinajstić information content (AvgIpc) is 0.915. The number of azide groups is 2. The second kappa shape index (κ2) is 64.3. The summed E-state index contributed by atoms with van der Waals surface area (Å²) in [4.78, 5) is 138. The number of nitrogens with zero attached hydrogens (tertiary/aromatic N) is 9. The Hall–Kier alpha value is -8.14. The fourth-order valence-corrected chi connectivity index (χ4v) is 8.63. The monoisotopic (exact) mass is 1460 g/mol. The van der Waals surface area contributed by atoms with Crippen LogP contribution in [-0.4, -0.2) is 268 Å². The molecule has 0 aliphatic rings. The first kappa shape index (κ1) is 96.0. The van der Waals surface area contributed by atoms with Gasteiger partial charge in [-0.3, -0.25) is 62.6 Å². The van der Waals surface area contributed by atoms with Gasteiger partial charge in [-0.25, -0.2) is 0 Å². The summed E-state index contributed by atoms with van der Waals surface area (Å²) in [5.41, 5.74) is 53.1. The molecule has 2 aromatic rings. The van der Waals surface area contributed by atoms with Crippen molar-refractivity contribution in [3.63, 3.8) is 0 Å². The fraction of sp³-hybridized carbons (Fsp3) is 0.633. The molecule has 8 amide bonds. The van der Waals surface area contributed by atoms with E-state index in [0.717, 1.165) is 30.8 Å². The van der Waals surface area contributed by atoms with Crippen molar-refractivity contribution in [3.8, 4) is 0 Å². The summed E-state index contributed by atoms with van der Waals surface area (Å²) in [7, 11) is 0. The first-order chi connectivity index (χ1) is 47.2. The molecule has 0 saturated carbocycles. The van der Waals surface area contributed by atoms with Crippen molar-refractivity contribution in [3.05, 3.63) is 92.7 Å². The number of quaternary nitrogens is 2. The molecular weight excluding hydrogens is 1350 g/mol. The smallest absolute Gasteiger partial charge is 0.308 e. The summed E-state index contributed by atoms with van der Waals surface area (Å²) in [5, 5.41) is 27.0. The number of benzene rings is 2. The van der Waals surface area contributed by atoms with Gasteiger partial charge in [0.1, 0.15) is 37.4 Å². The second-order valence-corrected chi connectivity index (χ2v) is 21.3. The molecule has 566 valence electrons. The van der Waals surface area contributed by atoms with Gasteiger partial charge in [0.2, 0.25) is 47.3 Å². The van der Waals surface area contributed by atoms with E-state index in [-0.39, 0.29) is 104 Å². The van der Waals surface area contributed by atoms with E-state index in [1.807, 2.05) is 21.9 Å². The number of esters is 2. The van der Waals surface area contributed by atoms with E-state index in [0.29, 0.717) is 91.6 Å². The molecule has 40 heteroatoms. The summed E-state index contributed by atoms with van der Waals surface area (Å²) >= 11 is 0. The minimum absolute atomic E-state index is 0. The van der Waals surface area contributed by atoms with E-state index in [4.69, 9.17) is 58.7 Å². The van der Waals surface area contributed by atoms with Gasteiger partial charge in [-0.2, -0.15) is 0 Å². The molecular formula is C60H108Cl2N24O14. The molecule has 4 atom stereocenters. The molecule has 0 unspecified atom stereocenters. The number of nitrogens with two attached hydrogens (primary N) is 5. The first-order valence-electron chi connectivity index (χ1n) is 32.3. The van der Waals surface area contributed by atoms with Gasteiger partial charge in [-0.1, -0.05) is 70.9 Å². The molecule has 0 bridgehead atoms. The van der Waals surface area contributed by atoms with Crippen molar-refractivity contribution in [2.24, 2.45) is 38.9 Å². The first-order valence-corrected chi connectivity index (χ1v) is 32.3. The lowest BCUT2D eigenvalue weighted by molar-refractivity contribution is -0.369. The Kier molecular flexibility index (Phi) is 61.7. The van der Waals surface area contributed by atoms with E-state index in [2.05, 4.69) is 79.0 Å². The van der Waals surface area contributed by atoms with Gasteiger partial charge in [0, 0.05) is 155 Å². The molecule has 24 N–H and O–H groups in total. The molecule has 0 radical (unpaired) electrons. The Balaban J connectivity index is -0.00000162. The van der Waals surface area contributed by atoms with Gasteiger partial charge in [-0.15, -0.1) is 0 Å². The number of carbonyl (C=O) groups is 10. The molecule has 38 nitrogen and oxygen atoms in total. The quantitative estimate of drug-likeness (QED) is 0.00961. The molecule has 2 aromatic carbocycles. The zero-order chi connectivity index (χ0) is 73.0. The number of amides is 8. The van der Waals surface area contributed by atoms with Gasteiger partial charge in [0.25, 0.3) is 0 Å². The highest BCUT2D eigenvalue weighted by molar-refractivity contribution is 5.97. The topological polar surface area (TPSA) is 596 Å². The molecule has 0 aliphatic carbocycles. The number of halogens is 2. The number of hydrogen-bond donors (Lipinski definition) is 15. The normalized spacial score (nSPS) is 11.6. The van der Waals surface area contributed by atoms with Crippen molar-refractivity contribution in [1.82, 2.24) is 57.2 Å². The van der Waals surface area contributed by atoms with Gasteiger partial charge in [-0.05, 0) is 22.2 Å². The predicted molar refractivity (Wildman–Crippen MR) is 362 cm³/mol. The van der Waals surface area contributed by atoms with Crippen LogP contribution in [0.5, 0.6) is 0 Å². The average molecular weight is 1460 g/mol. The van der Waals surface area contributed by atoms with Crippen LogP contribution in [0.25, 0.3) is 20.9 Å². The van der Waals surface area contributed by atoms with Crippen molar-refractivity contribution in [2.75, 3.05) is 170 Å². The minimum Gasteiger partial charge on any atom is -1.00 e. The van der Waals surface area contributed by atoms with Crippen LogP contribution in [0.2, 0.25) is 0 Å². The molecule has 0 saturated heterocycles. The highest BCUT2D eigenvalue weighted by atomic mass is 35.5. The van der Waals surface area contributed by atoms with Crippen molar-refractivity contribution in [2.45, 2.75) is 76.9 Å². The SMILES string of the molecule is CC(=O)N[C@H](CC(=O)NCCN(CCN)CC[NH3+])C(=O)N[C@@H](CC(=O)NCCN(CCN)CC[NH3+])C(=O)NCCOCCN=[N+]=[N-].CC(=O)N[C@H](CC(=O)OCc1ccccc1)C(=O)N[C@@H](CC(=O)OCc1ccccc1)C(=O)NCCOCCN=[N+]=[N-].NCCN(CCN)CCN.[Cl-].[Cl-]. The van der Waals surface area contributed by atoms with Crippen molar-refractivity contribution < 1.29 is 103 Å². The highest BCUT2D eigenvalue weighted by Gasteiger charge is 2.32. The lowest BCUT2D eigenvalue weighted by atomic mass is 10.1. The Bertz CT molecular complexity index is 2670. The maximum Gasteiger partial charge on any atom is 0.308 e. The molecule has 0 fully saturated rings. The van der Waals surface area contributed by atoms with Gasteiger partial charge < -0.3 is 126 Å². The summed E-state index contributed by atoms with van der Waals surface area (Å²) < 4.78 is 21.0. The lowest BCUT2D eigenvalue weighted by Gasteiger charge is -2.23. The maximum atomic E-state index is 13.3. The number of carbonyl (C=O) groups excluding carboxylic acids is 10. The Labute approximate surface area is 596 Å². The number of rotatable bonds is 52. The van der Waals surface area contributed by atoms with Crippen LogP contribution < -0.4 is 107 Å². The number of hydrogen-bond acceptors (Lipinski definition) is 24. The largest absolute Gasteiger partial charge is 1.00 e. The van der Waals surface area contributed by atoms with Gasteiger partial charge >= 0.3 is 11.9 Å². The summed E-state index contributed by atoms with van der Waals surface area (Å²) in [6.07, 6.45) is -1.82. The van der Waals surface area contributed by atoms with Gasteiger partial charge in [0.15, 0.2) is 0 Å². The second-order valence-electron chi connectivity index (χ2n) is 21.3. The number of nitrogens with one attached hydrogen (secondary N) is 8. The molecule has 2 rings (SSSR count). The van der Waals surface area contributed by atoms with Gasteiger partial charge in [0.05, 0.1) is 65.2 Å². The van der Waals surface area contributed by atoms with Crippen LogP contribution in [0.3, 0.4) is 0 Å². The third kappa shape index (κ3) is 52.0. The summed E-state index contributed by atoms with van der Waals surface area (Å²) in [5.74, 6) is -6.71.